The lowest BCUT2D eigenvalue weighted by Crippen LogP contribution is -2.30. The minimum absolute atomic E-state index is 0.351. The molecule has 27 heavy (non-hydrogen) atoms. The van der Waals surface area contributed by atoms with Crippen molar-refractivity contribution in [1.29, 1.82) is 0 Å². The molecule has 0 aromatic heterocycles. The van der Waals surface area contributed by atoms with Gasteiger partial charge in [-0.25, -0.2) is 0 Å². The minimum atomic E-state index is 0.351. The van der Waals surface area contributed by atoms with Gasteiger partial charge < -0.3 is 10.6 Å². The van der Waals surface area contributed by atoms with Gasteiger partial charge in [-0.1, -0.05) is 66.7 Å². The van der Waals surface area contributed by atoms with E-state index in [1.165, 1.54) is 22.3 Å². The van der Waals surface area contributed by atoms with Crippen molar-refractivity contribution in [1.82, 2.24) is 5.32 Å². The van der Waals surface area contributed by atoms with Gasteiger partial charge in [0.15, 0.2) is 5.11 Å². The third-order valence-corrected chi connectivity index (χ3v) is 5.13. The van der Waals surface area contributed by atoms with E-state index in [9.17, 15) is 0 Å². The first-order chi connectivity index (χ1) is 13.1. The van der Waals surface area contributed by atoms with Gasteiger partial charge >= 0.3 is 0 Å². The average Bonchev–Trinajstić information content (AvgIpc) is 2.69. The first-order valence-electron chi connectivity index (χ1n) is 9.35. The van der Waals surface area contributed by atoms with Crippen LogP contribution in [0.25, 0.3) is 0 Å². The minimum Gasteiger partial charge on any atom is -0.362 e. The summed E-state index contributed by atoms with van der Waals surface area (Å²) in [6, 6.07) is 27.6. The van der Waals surface area contributed by atoms with Crippen LogP contribution >= 0.6 is 12.2 Å². The quantitative estimate of drug-likeness (QED) is 0.532. The van der Waals surface area contributed by atoms with Crippen LogP contribution in [-0.4, -0.2) is 11.7 Å². The standard InChI is InChI=1S/C24H26N2S/c1-18-13-14-22(17-19(18)2)26-24(27)25-16-15-23(20-9-5-3-6-10-20)21-11-7-4-8-12-21/h3-14,17,23H,15-16H2,1-2H3,(H2,25,26,27). The molecule has 0 spiro atoms. The molecule has 2 N–H and O–H groups in total. The number of nitrogens with one attached hydrogen (secondary N) is 2. The SMILES string of the molecule is Cc1ccc(NC(=S)NCCC(c2ccccc2)c2ccccc2)cc1C. The molecule has 0 amide bonds. The third kappa shape index (κ3) is 5.41. The van der Waals surface area contributed by atoms with Crippen molar-refractivity contribution in [3.05, 3.63) is 101 Å². The number of aryl methyl sites for hydroxylation is 2. The Morgan fingerprint density at radius 3 is 1.96 bits per heavy atom. The fraction of sp³-hybridized carbons (Fsp3) is 0.208. The Kier molecular flexibility index (Phi) is 6.61. The zero-order chi connectivity index (χ0) is 19.1. The first kappa shape index (κ1) is 19.1. The summed E-state index contributed by atoms with van der Waals surface area (Å²) in [4.78, 5) is 0. The zero-order valence-corrected chi connectivity index (χ0v) is 16.7. The lowest BCUT2D eigenvalue weighted by atomic mass is 9.88. The van der Waals surface area contributed by atoms with E-state index >= 15 is 0 Å². The Labute approximate surface area is 167 Å². The predicted octanol–water partition coefficient (Wildman–Crippen LogP) is 5.81. The topological polar surface area (TPSA) is 24.1 Å². The summed E-state index contributed by atoms with van der Waals surface area (Å²) in [5.41, 5.74) is 6.24. The maximum Gasteiger partial charge on any atom is 0.170 e. The monoisotopic (exact) mass is 374 g/mol. The van der Waals surface area contributed by atoms with Gasteiger partial charge in [-0.05, 0) is 66.9 Å². The van der Waals surface area contributed by atoms with Crippen LogP contribution in [0.2, 0.25) is 0 Å². The number of benzene rings is 3. The summed E-state index contributed by atoms with van der Waals surface area (Å²) in [6.07, 6.45) is 0.975. The molecule has 2 nitrogen and oxygen atoms in total. The molecule has 0 radical (unpaired) electrons. The van der Waals surface area contributed by atoms with Crippen LogP contribution in [0.5, 0.6) is 0 Å². The first-order valence-corrected chi connectivity index (χ1v) is 9.76. The van der Waals surface area contributed by atoms with Crippen molar-refractivity contribution in [2.45, 2.75) is 26.2 Å². The van der Waals surface area contributed by atoms with Crippen LogP contribution in [-0.2, 0) is 0 Å². The number of thiocarbonyl (C=S) groups is 1. The highest BCUT2D eigenvalue weighted by atomic mass is 32.1. The summed E-state index contributed by atoms with van der Waals surface area (Å²) in [5.74, 6) is 0.351. The Balaban J connectivity index is 1.60. The zero-order valence-electron chi connectivity index (χ0n) is 15.9. The van der Waals surface area contributed by atoms with Gasteiger partial charge in [0.05, 0.1) is 0 Å². The predicted molar refractivity (Wildman–Crippen MR) is 119 cm³/mol. The second-order valence-electron chi connectivity index (χ2n) is 6.84. The Bertz CT molecular complexity index is 836. The lowest BCUT2D eigenvalue weighted by Gasteiger charge is -2.19. The lowest BCUT2D eigenvalue weighted by molar-refractivity contribution is 0.694. The Morgan fingerprint density at radius 2 is 1.41 bits per heavy atom. The van der Waals surface area contributed by atoms with E-state index in [1.807, 2.05) is 0 Å². The van der Waals surface area contributed by atoms with Gasteiger partial charge in [-0.15, -0.1) is 0 Å². The summed E-state index contributed by atoms with van der Waals surface area (Å²) in [6.45, 7) is 5.04. The number of hydrogen-bond donors (Lipinski definition) is 2. The highest BCUT2D eigenvalue weighted by Gasteiger charge is 2.13. The summed E-state index contributed by atoms with van der Waals surface area (Å²) in [7, 11) is 0. The van der Waals surface area contributed by atoms with E-state index in [0.29, 0.717) is 11.0 Å². The Hall–Kier alpha value is -2.65. The largest absolute Gasteiger partial charge is 0.362 e. The van der Waals surface area contributed by atoms with Crippen LogP contribution in [0.1, 0.15) is 34.6 Å². The van der Waals surface area contributed by atoms with E-state index in [1.54, 1.807) is 0 Å². The average molecular weight is 375 g/mol. The van der Waals surface area contributed by atoms with Gasteiger partial charge in [-0.2, -0.15) is 0 Å². The van der Waals surface area contributed by atoms with Crippen molar-refractivity contribution in [2.24, 2.45) is 0 Å². The molecule has 0 aliphatic rings. The fourth-order valence-corrected chi connectivity index (χ4v) is 3.44. The van der Waals surface area contributed by atoms with Gasteiger partial charge in [0.1, 0.15) is 0 Å². The van der Waals surface area contributed by atoms with Crippen molar-refractivity contribution < 1.29 is 0 Å². The van der Waals surface area contributed by atoms with E-state index in [-0.39, 0.29) is 0 Å². The summed E-state index contributed by atoms with van der Waals surface area (Å²) >= 11 is 5.48. The van der Waals surface area contributed by atoms with E-state index < -0.39 is 0 Å². The smallest absolute Gasteiger partial charge is 0.170 e. The maximum absolute atomic E-state index is 5.48. The number of rotatable bonds is 6. The maximum atomic E-state index is 5.48. The molecule has 0 unspecified atom stereocenters. The van der Waals surface area contributed by atoms with Crippen LogP contribution in [0.3, 0.4) is 0 Å². The summed E-state index contributed by atoms with van der Waals surface area (Å²) < 4.78 is 0. The van der Waals surface area contributed by atoms with Crippen molar-refractivity contribution in [3.8, 4) is 0 Å². The molecule has 138 valence electrons. The molecular weight excluding hydrogens is 348 g/mol. The Morgan fingerprint density at radius 1 is 0.815 bits per heavy atom. The molecule has 0 fully saturated rings. The second kappa shape index (κ2) is 9.33. The molecule has 3 heteroatoms. The number of hydrogen-bond acceptors (Lipinski definition) is 1. The fourth-order valence-electron chi connectivity index (χ4n) is 3.22. The van der Waals surface area contributed by atoms with E-state index in [2.05, 4.69) is 103 Å². The highest BCUT2D eigenvalue weighted by molar-refractivity contribution is 7.80. The molecule has 0 saturated carbocycles. The molecule has 3 rings (SSSR count). The van der Waals surface area contributed by atoms with Crippen molar-refractivity contribution in [3.63, 3.8) is 0 Å². The number of anilines is 1. The van der Waals surface area contributed by atoms with E-state index in [0.717, 1.165) is 18.7 Å². The van der Waals surface area contributed by atoms with Gasteiger partial charge in [-0.3, -0.25) is 0 Å². The summed E-state index contributed by atoms with van der Waals surface area (Å²) in [5, 5.41) is 7.30. The molecule has 3 aromatic rings. The second-order valence-corrected chi connectivity index (χ2v) is 7.25. The molecular formula is C24H26N2S. The van der Waals surface area contributed by atoms with Gasteiger partial charge in [0.25, 0.3) is 0 Å². The van der Waals surface area contributed by atoms with Crippen molar-refractivity contribution >= 4 is 23.0 Å². The van der Waals surface area contributed by atoms with Crippen LogP contribution < -0.4 is 10.6 Å². The normalized spacial score (nSPS) is 10.6. The van der Waals surface area contributed by atoms with Crippen molar-refractivity contribution in [2.75, 3.05) is 11.9 Å². The van der Waals surface area contributed by atoms with Crippen LogP contribution in [0.4, 0.5) is 5.69 Å². The molecule has 0 aliphatic carbocycles. The molecule has 0 atom stereocenters. The third-order valence-electron chi connectivity index (χ3n) is 4.89. The molecule has 0 heterocycles. The van der Waals surface area contributed by atoms with Crippen LogP contribution in [0.15, 0.2) is 78.9 Å². The highest BCUT2D eigenvalue weighted by Crippen LogP contribution is 2.27. The van der Waals surface area contributed by atoms with E-state index in [4.69, 9.17) is 12.2 Å². The molecule has 3 aromatic carbocycles. The van der Waals surface area contributed by atoms with Gasteiger partial charge in [0, 0.05) is 18.2 Å². The molecule has 0 bridgehead atoms. The molecule has 0 aliphatic heterocycles. The van der Waals surface area contributed by atoms with Crippen LogP contribution in [0, 0.1) is 13.8 Å². The van der Waals surface area contributed by atoms with Gasteiger partial charge in [0.2, 0.25) is 0 Å². The molecule has 0 saturated heterocycles.